The van der Waals surface area contributed by atoms with E-state index in [1.165, 1.54) is 11.3 Å². The Morgan fingerprint density at radius 1 is 1.50 bits per heavy atom. The Morgan fingerprint density at radius 3 is 2.50 bits per heavy atom. The van der Waals surface area contributed by atoms with Gasteiger partial charge >= 0.3 is 0 Å². The molecule has 1 aromatic rings. The van der Waals surface area contributed by atoms with E-state index in [1.807, 2.05) is 19.3 Å². The maximum Gasteiger partial charge on any atom is 0.229 e. The first-order valence-corrected chi connectivity index (χ1v) is 3.79. The van der Waals surface area contributed by atoms with Gasteiger partial charge < -0.3 is 0 Å². The van der Waals surface area contributed by atoms with Gasteiger partial charge in [-0.3, -0.25) is 5.21 Å². The average molecular weight is 159 g/mol. The zero-order valence-electron chi connectivity index (χ0n) is 5.83. The highest BCUT2D eigenvalue weighted by Crippen LogP contribution is 2.21. The van der Waals surface area contributed by atoms with Crippen LogP contribution in [0.1, 0.15) is 24.8 Å². The molecule has 0 unspecified atom stereocenters. The zero-order valence-corrected chi connectivity index (χ0v) is 6.64. The van der Waals surface area contributed by atoms with E-state index in [4.69, 9.17) is 5.21 Å². The van der Waals surface area contributed by atoms with Gasteiger partial charge in [0.05, 0.1) is 0 Å². The van der Waals surface area contributed by atoms with Crippen LogP contribution in [0, 0.1) is 0 Å². The van der Waals surface area contributed by atoms with Gasteiger partial charge in [-0.2, -0.15) is 0 Å². The molecule has 0 saturated heterocycles. The minimum atomic E-state index is 0.375. The van der Waals surface area contributed by atoms with Crippen molar-refractivity contribution < 1.29 is 5.21 Å². The molecule has 0 aliphatic rings. The Balaban J connectivity index is 2.78. The van der Waals surface area contributed by atoms with Crippen LogP contribution >= 0.6 is 11.3 Å². The summed E-state index contributed by atoms with van der Waals surface area (Å²) < 4.78 is 0. The minimum Gasteiger partial charge on any atom is -0.289 e. The molecule has 5 heteroatoms. The Hall–Kier alpha value is -0.680. The third-order valence-electron chi connectivity index (χ3n) is 1.03. The van der Waals surface area contributed by atoms with Crippen molar-refractivity contribution in [2.75, 3.05) is 5.48 Å². The van der Waals surface area contributed by atoms with E-state index in [0.717, 1.165) is 5.01 Å². The second-order valence-corrected chi connectivity index (χ2v) is 3.22. The summed E-state index contributed by atoms with van der Waals surface area (Å²) in [5.74, 6) is 0.375. The van der Waals surface area contributed by atoms with E-state index in [0.29, 0.717) is 11.0 Å². The fourth-order valence-corrected chi connectivity index (χ4v) is 1.16. The first-order chi connectivity index (χ1) is 4.74. The predicted octanol–water partition coefficient (Wildman–Crippen LogP) is 1.46. The molecule has 4 nitrogen and oxygen atoms in total. The molecule has 0 amide bonds. The lowest BCUT2D eigenvalue weighted by Gasteiger charge is -1.92. The quantitative estimate of drug-likeness (QED) is 0.641. The Bertz CT molecular complexity index is 210. The molecule has 2 N–H and O–H groups in total. The molecule has 0 spiro atoms. The number of nitrogens with zero attached hydrogens (tertiary/aromatic N) is 2. The molecule has 0 saturated carbocycles. The predicted molar refractivity (Wildman–Crippen MR) is 39.4 cm³/mol. The van der Waals surface area contributed by atoms with E-state index in [1.54, 1.807) is 0 Å². The van der Waals surface area contributed by atoms with Crippen LogP contribution in [0.2, 0.25) is 0 Å². The average Bonchev–Trinajstić information content (AvgIpc) is 2.34. The maximum absolute atomic E-state index is 8.39. The Kier molecular flexibility index (Phi) is 2.18. The highest BCUT2D eigenvalue weighted by atomic mass is 32.1. The molecule has 56 valence electrons. The normalized spacial score (nSPS) is 10.4. The van der Waals surface area contributed by atoms with Crippen LogP contribution in [0.25, 0.3) is 0 Å². The zero-order chi connectivity index (χ0) is 7.56. The largest absolute Gasteiger partial charge is 0.289 e. The lowest BCUT2D eigenvalue weighted by Crippen LogP contribution is -1.86. The van der Waals surface area contributed by atoms with Crippen molar-refractivity contribution in [3.63, 3.8) is 0 Å². The Morgan fingerprint density at radius 2 is 2.20 bits per heavy atom. The lowest BCUT2D eigenvalue weighted by molar-refractivity contribution is 0.387. The molecule has 0 atom stereocenters. The topological polar surface area (TPSA) is 58.0 Å². The molecule has 0 fully saturated rings. The summed E-state index contributed by atoms with van der Waals surface area (Å²) >= 11 is 1.36. The molecule has 0 aliphatic heterocycles. The second kappa shape index (κ2) is 2.94. The monoisotopic (exact) mass is 159 g/mol. The molecule has 1 heterocycles. The fraction of sp³-hybridized carbons (Fsp3) is 0.600. The van der Waals surface area contributed by atoms with E-state index in [-0.39, 0.29) is 0 Å². The van der Waals surface area contributed by atoms with Gasteiger partial charge in [0.25, 0.3) is 0 Å². The van der Waals surface area contributed by atoms with Gasteiger partial charge in [0.15, 0.2) is 0 Å². The van der Waals surface area contributed by atoms with Crippen molar-refractivity contribution in [1.29, 1.82) is 0 Å². The van der Waals surface area contributed by atoms with Crippen molar-refractivity contribution >= 4 is 16.5 Å². The van der Waals surface area contributed by atoms with Crippen LogP contribution in [0.15, 0.2) is 0 Å². The molecule has 1 rings (SSSR count). The van der Waals surface area contributed by atoms with E-state index >= 15 is 0 Å². The summed E-state index contributed by atoms with van der Waals surface area (Å²) in [6.45, 7) is 4.06. The fourth-order valence-electron chi connectivity index (χ4n) is 0.513. The molecule has 0 aliphatic carbocycles. The Labute approximate surface area is 62.9 Å². The summed E-state index contributed by atoms with van der Waals surface area (Å²) in [4.78, 5) is 0. The summed E-state index contributed by atoms with van der Waals surface area (Å²) in [5, 5.41) is 17.3. The van der Waals surface area contributed by atoms with Gasteiger partial charge in [0, 0.05) is 5.92 Å². The van der Waals surface area contributed by atoms with Crippen molar-refractivity contribution in [2.24, 2.45) is 0 Å². The summed E-state index contributed by atoms with van der Waals surface area (Å²) in [7, 11) is 0. The molecule has 0 bridgehead atoms. The lowest BCUT2D eigenvalue weighted by atomic mass is 10.2. The SMILES string of the molecule is CC(C)c1nnc(NO)s1. The van der Waals surface area contributed by atoms with E-state index < -0.39 is 0 Å². The molecule has 10 heavy (non-hydrogen) atoms. The number of rotatable bonds is 2. The van der Waals surface area contributed by atoms with Gasteiger partial charge in [0.1, 0.15) is 5.01 Å². The molecule has 0 radical (unpaired) electrons. The third kappa shape index (κ3) is 1.43. The molecular formula is C5H9N3OS. The van der Waals surface area contributed by atoms with Crippen molar-refractivity contribution in [1.82, 2.24) is 10.2 Å². The first kappa shape index (κ1) is 7.43. The van der Waals surface area contributed by atoms with Crippen molar-refractivity contribution in [2.45, 2.75) is 19.8 Å². The summed E-state index contributed by atoms with van der Waals surface area (Å²) in [5.41, 5.74) is 1.95. The van der Waals surface area contributed by atoms with Crippen LogP contribution < -0.4 is 5.48 Å². The summed E-state index contributed by atoms with van der Waals surface area (Å²) in [6, 6.07) is 0. The van der Waals surface area contributed by atoms with Crippen molar-refractivity contribution in [3.05, 3.63) is 5.01 Å². The van der Waals surface area contributed by atoms with Crippen LogP contribution in [0.3, 0.4) is 0 Å². The maximum atomic E-state index is 8.39. The van der Waals surface area contributed by atoms with Gasteiger partial charge in [-0.1, -0.05) is 25.2 Å². The third-order valence-corrected chi connectivity index (χ3v) is 2.16. The number of nitrogens with one attached hydrogen (secondary N) is 1. The van der Waals surface area contributed by atoms with Crippen LogP contribution in [0.4, 0.5) is 5.13 Å². The van der Waals surface area contributed by atoms with Gasteiger partial charge in [-0.15, -0.1) is 10.2 Å². The highest BCUT2D eigenvalue weighted by molar-refractivity contribution is 7.15. The highest BCUT2D eigenvalue weighted by Gasteiger charge is 2.05. The second-order valence-electron chi connectivity index (χ2n) is 2.21. The van der Waals surface area contributed by atoms with Crippen LogP contribution in [-0.4, -0.2) is 15.4 Å². The van der Waals surface area contributed by atoms with E-state index in [9.17, 15) is 0 Å². The number of hydrogen-bond donors (Lipinski definition) is 2. The molecule has 1 aromatic heterocycles. The number of hydrogen-bond acceptors (Lipinski definition) is 5. The molecular weight excluding hydrogens is 150 g/mol. The van der Waals surface area contributed by atoms with Crippen LogP contribution in [0.5, 0.6) is 0 Å². The van der Waals surface area contributed by atoms with Gasteiger partial charge in [0.2, 0.25) is 5.13 Å². The van der Waals surface area contributed by atoms with Gasteiger partial charge in [-0.25, -0.2) is 5.48 Å². The molecule has 0 aromatic carbocycles. The van der Waals surface area contributed by atoms with Crippen molar-refractivity contribution in [3.8, 4) is 0 Å². The summed E-state index contributed by atoms with van der Waals surface area (Å²) in [6.07, 6.45) is 0. The minimum absolute atomic E-state index is 0.375. The number of anilines is 1. The smallest absolute Gasteiger partial charge is 0.229 e. The van der Waals surface area contributed by atoms with Crippen LogP contribution in [-0.2, 0) is 0 Å². The standard InChI is InChI=1S/C5H9N3OS/c1-3(2)4-6-7-5(8-9)10-4/h3,9H,1-2H3,(H,7,8). The number of aromatic nitrogens is 2. The van der Waals surface area contributed by atoms with Gasteiger partial charge in [-0.05, 0) is 0 Å². The van der Waals surface area contributed by atoms with E-state index in [2.05, 4.69) is 10.2 Å². The first-order valence-electron chi connectivity index (χ1n) is 2.97.